The van der Waals surface area contributed by atoms with Gasteiger partial charge in [0.05, 0.1) is 18.8 Å². The highest BCUT2D eigenvalue weighted by Crippen LogP contribution is 2.44. The van der Waals surface area contributed by atoms with Gasteiger partial charge in [-0.3, -0.25) is 9.69 Å². The van der Waals surface area contributed by atoms with Crippen LogP contribution in [0.15, 0.2) is 0 Å². The van der Waals surface area contributed by atoms with Crippen LogP contribution in [-0.2, 0) is 14.3 Å². The van der Waals surface area contributed by atoms with E-state index in [0.717, 1.165) is 32.3 Å². The second-order valence-electron chi connectivity index (χ2n) is 6.16. The minimum absolute atomic E-state index is 0.0666. The maximum absolute atomic E-state index is 11.9. The standard InChI is InChI=1S/C14H23NO4/c1-18-13(17)12-7-11(16)9-15(12)10-3-6-19-14(8-10)4-2-5-14/h10-12,16H,2-9H2,1H3. The Morgan fingerprint density at radius 1 is 1.47 bits per heavy atom. The summed E-state index contributed by atoms with van der Waals surface area (Å²) in [6, 6.07) is 0.0653. The Hall–Kier alpha value is -0.650. The predicted octanol–water partition coefficient (Wildman–Crippen LogP) is 0.696. The van der Waals surface area contributed by atoms with Crippen molar-refractivity contribution in [1.29, 1.82) is 0 Å². The van der Waals surface area contributed by atoms with Crippen LogP contribution in [-0.4, -0.2) is 60.0 Å². The lowest BCUT2D eigenvalue weighted by Crippen LogP contribution is -2.54. The molecule has 0 bridgehead atoms. The monoisotopic (exact) mass is 269 g/mol. The van der Waals surface area contributed by atoms with E-state index >= 15 is 0 Å². The summed E-state index contributed by atoms with van der Waals surface area (Å²) in [5, 5.41) is 9.87. The Kier molecular flexibility index (Phi) is 3.53. The number of hydrogen-bond donors (Lipinski definition) is 1. The molecule has 1 aliphatic carbocycles. The zero-order valence-corrected chi connectivity index (χ0v) is 11.5. The second-order valence-corrected chi connectivity index (χ2v) is 6.16. The third-order valence-corrected chi connectivity index (χ3v) is 4.99. The lowest BCUT2D eigenvalue weighted by atomic mass is 9.73. The second kappa shape index (κ2) is 5.04. The predicted molar refractivity (Wildman–Crippen MR) is 68.7 cm³/mol. The van der Waals surface area contributed by atoms with Crippen LogP contribution in [0.5, 0.6) is 0 Å². The number of esters is 1. The van der Waals surface area contributed by atoms with Crippen molar-refractivity contribution < 1.29 is 19.4 Å². The smallest absolute Gasteiger partial charge is 0.323 e. The Bertz CT molecular complexity index is 355. The van der Waals surface area contributed by atoms with Gasteiger partial charge < -0.3 is 14.6 Å². The molecule has 0 amide bonds. The molecule has 1 spiro atoms. The fourth-order valence-electron chi connectivity index (χ4n) is 3.81. The number of β-amino-alcohol motifs (C(OH)–C–C–N with tert-alkyl or cyclic N) is 1. The van der Waals surface area contributed by atoms with Gasteiger partial charge in [-0.1, -0.05) is 0 Å². The van der Waals surface area contributed by atoms with Gasteiger partial charge in [-0.15, -0.1) is 0 Å². The quantitative estimate of drug-likeness (QED) is 0.748. The van der Waals surface area contributed by atoms with Gasteiger partial charge in [0.2, 0.25) is 0 Å². The summed E-state index contributed by atoms with van der Waals surface area (Å²) in [5.74, 6) is -0.217. The number of hydrogen-bond acceptors (Lipinski definition) is 5. The van der Waals surface area contributed by atoms with Crippen LogP contribution >= 0.6 is 0 Å². The topological polar surface area (TPSA) is 59.0 Å². The number of aliphatic hydroxyl groups is 1. The molecule has 3 unspecified atom stereocenters. The van der Waals surface area contributed by atoms with Gasteiger partial charge in [0.1, 0.15) is 6.04 Å². The highest BCUT2D eigenvalue weighted by molar-refractivity contribution is 5.76. The molecule has 2 heterocycles. The van der Waals surface area contributed by atoms with Gasteiger partial charge in [-0.2, -0.15) is 0 Å². The molecule has 3 rings (SSSR count). The molecule has 0 aromatic rings. The zero-order chi connectivity index (χ0) is 13.5. The summed E-state index contributed by atoms with van der Waals surface area (Å²) in [7, 11) is 1.42. The number of carbonyl (C=O) groups is 1. The molecule has 3 aliphatic rings. The number of methoxy groups -OCH3 is 1. The minimum atomic E-state index is -0.413. The normalized spacial score (nSPS) is 38.1. The van der Waals surface area contributed by atoms with Gasteiger partial charge in [-0.05, 0) is 32.1 Å². The zero-order valence-electron chi connectivity index (χ0n) is 11.5. The third kappa shape index (κ3) is 2.39. The van der Waals surface area contributed by atoms with Crippen molar-refractivity contribution in [2.75, 3.05) is 20.3 Å². The van der Waals surface area contributed by atoms with Crippen LogP contribution in [0.25, 0.3) is 0 Å². The molecule has 0 aromatic heterocycles. The van der Waals surface area contributed by atoms with Crippen molar-refractivity contribution in [3.8, 4) is 0 Å². The van der Waals surface area contributed by atoms with E-state index in [2.05, 4.69) is 4.90 Å². The Labute approximate surface area is 113 Å². The average molecular weight is 269 g/mol. The average Bonchev–Trinajstić information content (AvgIpc) is 2.78. The molecule has 2 aliphatic heterocycles. The van der Waals surface area contributed by atoms with Crippen molar-refractivity contribution in [3.63, 3.8) is 0 Å². The molecule has 3 fully saturated rings. The molecule has 108 valence electrons. The van der Waals surface area contributed by atoms with Gasteiger partial charge in [0.25, 0.3) is 0 Å². The highest BCUT2D eigenvalue weighted by Gasteiger charge is 2.48. The van der Waals surface area contributed by atoms with Crippen molar-refractivity contribution in [2.45, 2.75) is 62.3 Å². The summed E-state index contributed by atoms with van der Waals surface area (Å²) in [5.41, 5.74) is 0.0666. The Morgan fingerprint density at radius 3 is 2.89 bits per heavy atom. The maximum Gasteiger partial charge on any atom is 0.323 e. The maximum atomic E-state index is 11.9. The van der Waals surface area contributed by atoms with E-state index in [9.17, 15) is 9.90 Å². The van der Waals surface area contributed by atoms with Crippen LogP contribution in [0.3, 0.4) is 0 Å². The molecular weight excluding hydrogens is 246 g/mol. The Morgan fingerprint density at radius 2 is 2.26 bits per heavy atom. The number of likely N-dealkylation sites (tertiary alicyclic amines) is 1. The number of ether oxygens (including phenoxy) is 2. The van der Waals surface area contributed by atoms with Crippen LogP contribution in [0.2, 0.25) is 0 Å². The first-order valence-corrected chi connectivity index (χ1v) is 7.29. The molecule has 5 nitrogen and oxygen atoms in total. The lowest BCUT2D eigenvalue weighted by molar-refractivity contribution is -0.160. The number of rotatable bonds is 2. The summed E-state index contributed by atoms with van der Waals surface area (Å²) < 4.78 is 10.8. The molecule has 3 atom stereocenters. The molecule has 1 N–H and O–H groups in total. The van der Waals surface area contributed by atoms with Gasteiger partial charge in [0.15, 0.2) is 0 Å². The first kappa shape index (κ1) is 13.3. The van der Waals surface area contributed by atoms with Crippen molar-refractivity contribution in [2.24, 2.45) is 0 Å². The number of aliphatic hydroxyl groups excluding tert-OH is 1. The molecule has 5 heteroatoms. The SMILES string of the molecule is COC(=O)C1CC(O)CN1C1CCOC2(CCC2)C1. The van der Waals surface area contributed by atoms with Crippen molar-refractivity contribution in [3.05, 3.63) is 0 Å². The van der Waals surface area contributed by atoms with Crippen LogP contribution in [0.4, 0.5) is 0 Å². The fraction of sp³-hybridized carbons (Fsp3) is 0.929. The van der Waals surface area contributed by atoms with E-state index < -0.39 is 6.10 Å². The van der Waals surface area contributed by atoms with Crippen molar-refractivity contribution in [1.82, 2.24) is 4.90 Å². The van der Waals surface area contributed by atoms with Gasteiger partial charge >= 0.3 is 5.97 Å². The van der Waals surface area contributed by atoms with Crippen LogP contribution < -0.4 is 0 Å². The Balaban J connectivity index is 1.70. The van der Waals surface area contributed by atoms with E-state index in [0.29, 0.717) is 19.0 Å². The lowest BCUT2D eigenvalue weighted by Gasteiger charge is -2.49. The summed E-state index contributed by atoms with van der Waals surface area (Å²) in [4.78, 5) is 14.0. The van der Waals surface area contributed by atoms with E-state index in [1.807, 2.05) is 0 Å². The first-order valence-electron chi connectivity index (χ1n) is 7.29. The number of carbonyl (C=O) groups excluding carboxylic acids is 1. The summed E-state index contributed by atoms with van der Waals surface area (Å²) in [6.45, 7) is 1.35. The summed E-state index contributed by atoms with van der Waals surface area (Å²) in [6.07, 6.45) is 5.55. The largest absolute Gasteiger partial charge is 0.468 e. The van der Waals surface area contributed by atoms with Crippen LogP contribution in [0.1, 0.15) is 38.5 Å². The highest BCUT2D eigenvalue weighted by atomic mass is 16.5. The number of nitrogens with zero attached hydrogens (tertiary/aromatic N) is 1. The molecule has 19 heavy (non-hydrogen) atoms. The van der Waals surface area contributed by atoms with Gasteiger partial charge in [-0.25, -0.2) is 0 Å². The molecule has 0 aromatic carbocycles. The molecule has 1 saturated carbocycles. The van der Waals surface area contributed by atoms with E-state index in [1.165, 1.54) is 13.5 Å². The molecular formula is C14H23NO4. The van der Waals surface area contributed by atoms with E-state index in [-0.39, 0.29) is 17.6 Å². The van der Waals surface area contributed by atoms with Crippen molar-refractivity contribution >= 4 is 5.97 Å². The molecule has 0 radical (unpaired) electrons. The minimum Gasteiger partial charge on any atom is -0.468 e. The van der Waals surface area contributed by atoms with E-state index in [1.54, 1.807) is 0 Å². The van der Waals surface area contributed by atoms with Gasteiger partial charge in [0, 0.05) is 25.6 Å². The fourth-order valence-corrected chi connectivity index (χ4v) is 3.81. The van der Waals surface area contributed by atoms with E-state index in [4.69, 9.17) is 9.47 Å². The van der Waals surface area contributed by atoms with Crippen LogP contribution in [0, 0.1) is 0 Å². The summed E-state index contributed by atoms with van der Waals surface area (Å²) >= 11 is 0. The molecule has 2 saturated heterocycles. The first-order chi connectivity index (χ1) is 9.13. The third-order valence-electron chi connectivity index (χ3n) is 4.99.